The second-order valence-electron chi connectivity index (χ2n) is 3.81. The second kappa shape index (κ2) is 5.25. The van der Waals surface area contributed by atoms with E-state index >= 15 is 0 Å². The summed E-state index contributed by atoms with van der Waals surface area (Å²) in [7, 11) is 0. The summed E-state index contributed by atoms with van der Waals surface area (Å²) in [4.78, 5) is 3.95. The van der Waals surface area contributed by atoms with E-state index in [1.165, 1.54) is 0 Å². The average molecular weight is 294 g/mol. The number of aromatic nitrogens is 1. The molecular formula is C10H14BrClN2O. The van der Waals surface area contributed by atoms with Crippen LogP contribution in [0.25, 0.3) is 0 Å². The van der Waals surface area contributed by atoms with Gasteiger partial charge in [-0.2, -0.15) is 0 Å². The first-order chi connectivity index (χ1) is 6.91. The van der Waals surface area contributed by atoms with E-state index in [2.05, 4.69) is 20.9 Å². The number of nitrogens with zero attached hydrogens (tertiary/aromatic N) is 1. The summed E-state index contributed by atoms with van der Waals surface area (Å²) in [5.41, 5.74) is 6.55. The van der Waals surface area contributed by atoms with Crippen molar-refractivity contribution >= 4 is 27.5 Å². The predicted molar refractivity (Wildman–Crippen MR) is 64.7 cm³/mol. The summed E-state index contributed by atoms with van der Waals surface area (Å²) in [6.45, 7) is 3.93. The van der Waals surface area contributed by atoms with Gasteiger partial charge in [0.2, 0.25) is 0 Å². The zero-order valence-electron chi connectivity index (χ0n) is 8.61. The number of aliphatic hydroxyl groups excluding tert-OH is 1. The molecule has 2 atom stereocenters. The number of aliphatic hydroxyl groups is 1. The molecule has 0 aromatic carbocycles. The highest BCUT2D eigenvalue weighted by atomic mass is 79.9. The summed E-state index contributed by atoms with van der Waals surface area (Å²) in [5.74, 6) is 0.200. The van der Waals surface area contributed by atoms with Crippen LogP contribution in [0.1, 0.15) is 25.5 Å². The van der Waals surface area contributed by atoms with Crippen LogP contribution in [-0.4, -0.2) is 16.1 Å². The SMILES string of the molecule is CC(C)C(N)C(O)c1cc(Cl)nc(Br)c1. The molecule has 0 radical (unpaired) electrons. The molecule has 1 aromatic rings. The molecule has 84 valence electrons. The summed E-state index contributed by atoms with van der Waals surface area (Å²) in [5, 5.41) is 10.3. The Morgan fingerprint density at radius 1 is 1.47 bits per heavy atom. The molecule has 0 bridgehead atoms. The fourth-order valence-electron chi connectivity index (χ4n) is 1.24. The molecule has 3 N–H and O–H groups in total. The van der Waals surface area contributed by atoms with Crippen LogP contribution >= 0.6 is 27.5 Å². The maximum Gasteiger partial charge on any atom is 0.130 e. The fraction of sp³-hybridized carbons (Fsp3) is 0.500. The highest BCUT2D eigenvalue weighted by Gasteiger charge is 2.20. The third-order valence-electron chi connectivity index (χ3n) is 2.26. The molecule has 0 amide bonds. The van der Waals surface area contributed by atoms with E-state index in [1.54, 1.807) is 12.1 Å². The molecule has 1 heterocycles. The number of nitrogens with two attached hydrogens (primary N) is 1. The number of hydrogen-bond donors (Lipinski definition) is 2. The van der Waals surface area contributed by atoms with Crippen LogP contribution in [0.4, 0.5) is 0 Å². The molecule has 0 aliphatic carbocycles. The van der Waals surface area contributed by atoms with Crippen LogP contribution in [0, 0.1) is 5.92 Å². The Morgan fingerprint density at radius 3 is 2.53 bits per heavy atom. The minimum absolute atomic E-state index is 0.200. The molecule has 0 saturated heterocycles. The molecule has 1 rings (SSSR count). The highest BCUT2D eigenvalue weighted by molar-refractivity contribution is 9.10. The van der Waals surface area contributed by atoms with E-state index in [4.69, 9.17) is 17.3 Å². The van der Waals surface area contributed by atoms with Gasteiger partial charge in [-0.05, 0) is 39.5 Å². The van der Waals surface area contributed by atoms with Gasteiger partial charge in [-0.15, -0.1) is 0 Å². The minimum atomic E-state index is -0.721. The first kappa shape index (κ1) is 12.9. The molecule has 0 saturated carbocycles. The van der Waals surface area contributed by atoms with Gasteiger partial charge in [-0.25, -0.2) is 4.98 Å². The number of halogens is 2. The van der Waals surface area contributed by atoms with Crippen molar-refractivity contribution in [2.45, 2.75) is 26.0 Å². The van der Waals surface area contributed by atoms with E-state index in [0.29, 0.717) is 15.3 Å². The Labute approximate surface area is 103 Å². The quantitative estimate of drug-likeness (QED) is 0.842. The van der Waals surface area contributed by atoms with E-state index in [0.717, 1.165) is 0 Å². The van der Waals surface area contributed by atoms with Crippen molar-refractivity contribution in [2.24, 2.45) is 11.7 Å². The van der Waals surface area contributed by atoms with Crippen LogP contribution < -0.4 is 5.73 Å². The molecule has 15 heavy (non-hydrogen) atoms. The number of rotatable bonds is 3. The lowest BCUT2D eigenvalue weighted by Crippen LogP contribution is -2.33. The van der Waals surface area contributed by atoms with Gasteiger partial charge in [-0.1, -0.05) is 25.4 Å². The zero-order chi connectivity index (χ0) is 11.6. The van der Waals surface area contributed by atoms with Crippen molar-refractivity contribution < 1.29 is 5.11 Å². The van der Waals surface area contributed by atoms with Crippen LogP contribution in [0.15, 0.2) is 16.7 Å². The first-order valence-corrected chi connectivity index (χ1v) is 5.85. The summed E-state index contributed by atoms with van der Waals surface area (Å²) in [6.07, 6.45) is -0.721. The molecule has 3 nitrogen and oxygen atoms in total. The summed E-state index contributed by atoms with van der Waals surface area (Å²) in [6, 6.07) is 3.04. The van der Waals surface area contributed by atoms with Gasteiger partial charge in [-0.3, -0.25) is 0 Å². The second-order valence-corrected chi connectivity index (χ2v) is 5.01. The largest absolute Gasteiger partial charge is 0.387 e. The lowest BCUT2D eigenvalue weighted by molar-refractivity contribution is 0.125. The summed E-state index contributed by atoms with van der Waals surface area (Å²) < 4.78 is 0.597. The van der Waals surface area contributed by atoms with Gasteiger partial charge in [0.25, 0.3) is 0 Å². The van der Waals surface area contributed by atoms with E-state index in [9.17, 15) is 5.11 Å². The third-order valence-corrected chi connectivity index (χ3v) is 2.86. The van der Waals surface area contributed by atoms with Crippen LogP contribution in [0.5, 0.6) is 0 Å². The molecule has 0 aliphatic heterocycles. The smallest absolute Gasteiger partial charge is 0.130 e. The third kappa shape index (κ3) is 3.41. The highest BCUT2D eigenvalue weighted by Crippen LogP contribution is 2.24. The Hall–Kier alpha value is -0.160. The maximum atomic E-state index is 9.98. The van der Waals surface area contributed by atoms with Crippen molar-refractivity contribution in [3.05, 3.63) is 27.5 Å². The van der Waals surface area contributed by atoms with Gasteiger partial charge < -0.3 is 10.8 Å². The molecule has 1 aromatic heterocycles. The standard InChI is InChI=1S/C10H14BrClN2O/c1-5(2)9(13)10(15)6-3-7(11)14-8(12)4-6/h3-5,9-10,15H,13H2,1-2H3. The number of hydrogen-bond acceptors (Lipinski definition) is 3. The van der Waals surface area contributed by atoms with Gasteiger partial charge in [0.1, 0.15) is 9.76 Å². The van der Waals surface area contributed by atoms with Gasteiger partial charge in [0, 0.05) is 6.04 Å². The lowest BCUT2D eigenvalue weighted by atomic mass is 9.95. The van der Waals surface area contributed by atoms with E-state index in [1.807, 2.05) is 13.8 Å². The lowest BCUT2D eigenvalue weighted by Gasteiger charge is -2.22. The van der Waals surface area contributed by atoms with Crippen molar-refractivity contribution in [1.82, 2.24) is 4.98 Å². The van der Waals surface area contributed by atoms with Crippen molar-refractivity contribution in [2.75, 3.05) is 0 Å². The van der Waals surface area contributed by atoms with Gasteiger partial charge in [0.15, 0.2) is 0 Å². The Kier molecular flexibility index (Phi) is 4.52. The zero-order valence-corrected chi connectivity index (χ0v) is 11.0. The topological polar surface area (TPSA) is 59.1 Å². The molecular weight excluding hydrogens is 279 g/mol. The molecule has 0 spiro atoms. The maximum absolute atomic E-state index is 9.98. The Bertz CT molecular complexity index is 326. The minimum Gasteiger partial charge on any atom is -0.387 e. The van der Waals surface area contributed by atoms with E-state index in [-0.39, 0.29) is 12.0 Å². The summed E-state index contributed by atoms with van der Waals surface area (Å²) >= 11 is 9.01. The van der Waals surface area contributed by atoms with Gasteiger partial charge in [0.05, 0.1) is 6.10 Å². The van der Waals surface area contributed by atoms with Crippen LogP contribution in [0.3, 0.4) is 0 Å². The van der Waals surface area contributed by atoms with Crippen molar-refractivity contribution in [3.8, 4) is 0 Å². The normalized spacial score (nSPS) is 15.4. The van der Waals surface area contributed by atoms with Crippen LogP contribution in [0.2, 0.25) is 5.15 Å². The molecule has 2 unspecified atom stereocenters. The Balaban J connectivity index is 2.95. The van der Waals surface area contributed by atoms with E-state index < -0.39 is 6.10 Å². The fourth-order valence-corrected chi connectivity index (χ4v) is 2.02. The first-order valence-electron chi connectivity index (χ1n) is 4.68. The molecule has 0 aliphatic rings. The predicted octanol–water partition coefficient (Wildman–Crippen LogP) is 2.51. The monoisotopic (exact) mass is 292 g/mol. The number of pyridine rings is 1. The van der Waals surface area contributed by atoms with Gasteiger partial charge >= 0.3 is 0 Å². The Morgan fingerprint density at radius 2 is 2.07 bits per heavy atom. The average Bonchev–Trinajstić information content (AvgIpc) is 2.13. The van der Waals surface area contributed by atoms with Crippen LogP contribution in [-0.2, 0) is 0 Å². The molecule has 0 fully saturated rings. The van der Waals surface area contributed by atoms with Crippen molar-refractivity contribution in [1.29, 1.82) is 0 Å². The van der Waals surface area contributed by atoms with Crippen molar-refractivity contribution in [3.63, 3.8) is 0 Å². The molecule has 5 heteroatoms.